The van der Waals surface area contributed by atoms with Crippen molar-refractivity contribution in [1.29, 1.82) is 0 Å². The first kappa shape index (κ1) is 14.3. The van der Waals surface area contributed by atoms with Crippen LogP contribution in [0.3, 0.4) is 0 Å². The van der Waals surface area contributed by atoms with E-state index in [0.717, 1.165) is 51.6 Å². The third-order valence-corrected chi connectivity index (χ3v) is 3.78. The molecule has 4 heteroatoms. The van der Waals surface area contributed by atoms with E-state index < -0.39 is 0 Å². The zero-order chi connectivity index (χ0) is 13.7. The Kier molecular flexibility index (Phi) is 5.19. The molecule has 1 heterocycles. The van der Waals surface area contributed by atoms with Gasteiger partial charge in [-0.15, -0.1) is 0 Å². The van der Waals surface area contributed by atoms with Gasteiger partial charge in [0.2, 0.25) is 0 Å². The Labute approximate surface area is 116 Å². The predicted octanol–water partition coefficient (Wildman–Crippen LogP) is 1.08. The summed E-state index contributed by atoms with van der Waals surface area (Å²) < 4.78 is 5.30. The number of rotatable bonds is 5. The Balaban J connectivity index is 1.87. The second kappa shape index (κ2) is 6.89. The van der Waals surface area contributed by atoms with Crippen LogP contribution in [-0.4, -0.2) is 56.2 Å². The average molecular weight is 263 g/mol. The molecule has 1 fully saturated rings. The van der Waals surface area contributed by atoms with E-state index in [0.29, 0.717) is 0 Å². The fourth-order valence-corrected chi connectivity index (χ4v) is 2.65. The highest BCUT2D eigenvalue weighted by molar-refractivity contribution is 5.36. The van der Waals surface area contributed by atoms with E-state index in [-0.39, 0.29) is 0 Å². The molecule has 0 atom stereocenters. The third-order valence-electron chi connectivity index (χ3n) is 3.78. The van der Waals surface area contributed by atoms with Crippen LogP contribution in [0.4, 0.5) is 0 Å². The quantitative estimate of drug-likeness (QED) is 0.863. The molecule has 1 aromatic carbocycles. The van der Waals surface area contributed by atoms with Crippen molar-refractivity contribution >= 4 is 0 Å². The van der Waals surface area contributed by atoms with E-state index in [1.54, 1.807) is 7.11 Å². The number of piperazine rings is 1. The van der Waals surface area contributed by atoms with Gasteiger partial charge in [-0.1, -0.05) is 12.1 Å². The topological polar surface area (TPSA) is 41.7 Å². The van der Waals surface area contributed by atoms with E-state index in [1.165, 1.54) is 11.1 Å². The Hall–Kier alpha value is -1.10. The molecule has 0 amide bonds. The fourth-order valence-electron chi connectivity index (χ4n) is 2.65. The number of methoxy groups -OCH3 is 1. The van der Waals surface area contributed by atoms with E-state index >= 15 is 0 Å². The minimum Gasteiger partial charge on any atom is -0.496 e. The normalized spacial score (nSPS) is 17.6. The van der Waals surface area contributed by atoms with Gasteiger partial charge in [-0.2, -0.15) is 0 Å². The van der Waals surface area contributed by atoms with Crippen molar-refractivity contribution in [2.45, 2.75) is 13.5 Å². The Morgan fingerprint density at radius 1 is 1.16 bits per heavy atom. The van der Waals surface area contributed by atoms with Crippen LogP contribution >= 0.6 is 0 Å². The van der Waals surface area contributed by atoms with E-state index in [4.69, 9.17) is 10.5 Å². The van der Waals surface area contributed by atoms with Crippen LogP contribution in [0.2, 0.25) is 0 Å². The van der Waals surface area contributed by atoms with Crippen molar-refractivity contribution < 1.29 is 4.74 Å². The minimum atomic E-state index is 0.762. The molecule has 1 aliphatic heterocycles. The molecule has 2 rings (SSSR count). The summed E-state index contributed by atoms with van der Waals surface area (Å²) in [6.45, 7) is 9.44. The highest BCUT2D eigenvalue weighted by atomic mass is 16.5. The molecule has 106 valence electrons. The summed E-state index contributed by atoms with van der Waals surface area (Å²) in [5, 5.41) is 0. The van der Waals surface area contributed by atoms with Crippen LogP contribution in [0.1, 0.15) is 11.1 Å². The molecule has 0 radical (unpaired) electrons. The first-order chi connectivity index (χ1) is 9.22. The maximum absolute atomic E-state index is 5.59. The van der Waals surface area contributed by atoms with Crippen molar-refractivity contribution in [2.24, 2.45) is 5.73 Å². The Bertz CT molecular complexity index is 400. The van der Waals surface area contributed by atoms with Gasteiger partial charge in [-0.05, 0) is 24.1 Å². The molecule has 0 unspecified atom stereocenters. The van der Waals surface area contributed by atoms with Crippen LogP contribution < -0.4 is 10.5 Å². The monoisotopic (exact) mass is 263 g/mol. The molecule has 1 aromatic rings. The predicted molar refractivity (Wildman–Crippen MR) is 78.5 cm³/mol. The van der Waals surface area contributed by atoms with Crippen molar-refractivity contribution in [1.82, 2.24) is 9.80 Å². The van der Waals surface area contributed by atoms with Gasteiger partial charge in [-0.25, -0.2) is 0 Å². The van der Waals surface area contributed by atoms with Crippen LogP contribution in [0, 0.1) is 6.92 Å². The number of benzene rings is 1. The minimum absolute atomic E-state index is 0.762. The zero-order valence-corrected chi connectivity index (χ0v) is 12.1. The molecular formula is C15H25N3O. The summed E-state index contributed by atoms with van der Waals surface area (Å²) >= 11 is 0. The Morgan fingerprint density at radius 2 is 1.84 bits per heavy atom. The second-order valence-electron chi connectivity index (χ2n) is 5.21. The highest BCUT2D eigenvalue weighted by Gasteiger charge is 2.16. The maximum Gasteiger partial charge on any atom is 0.121 e. The number of hydrogen-bond acceptors (Lipinski definition) is 4. The largest absolute Gasteiger partial charge is 0.496 e. The molecule has 0 aliphatic carbocycles. The summed E-state index contributed by atoms with van der Waals surface area (Å²) in [5.74, 6) is 0.969. The number of nitrogens with zero attached hydrogens (tertiary/aromatic N) is 2. The van der Waals surface area contributed by atoms with Crippen molar-refractivity contribution in [3.63, 3.8) is 0 Å². The van der Waals surface area contributed by atoms with Gasteiger partial charge >= 0.3 is 0 Å². The molecular weight excluding hydrogens is 238 g/mol. The summed E-state index contributed by atoms with van der Waals surface area (Å²) in [4.78, 5) is 4.95. The lowest BCUT2D eigenvalue weighted by atomic mass is 10.1. The molecule has 0 saturated carbocycles. The van der Waals surface area contributed by atoms with Gasteiger partial charge in [0.1, 0.15) is 5.75 Å². The van der Waals surface area contributed by atoms with Gasteiger partial charge in [0.25, 0.3) is 0 Å². The maximum atomic E-state index is 5.59. The summed E-state index contributed by atoms with van der Waals surface area (Å²) in [5.41, 5.74) is 8.17. The number of hydrogen-bond donors (Lipinski definition) is 1. The van der Waals surface area contributed by atoms with Crippen molar-refractivity contribution in [3.05, 3.63) is 29.3 Å². The summed E-state index contributed by atoms with van der Waals surface area (Å²) in [6.07, 6.45) is 0. The van der Waals surface area contributed by atoms with E-state index in [1.807, 2.05) is 0 Å². The lowest BCUT2D eigenvalue weighted by Gasteiger charge is -2.34. The molecule has 2 N–H and O–H groups in total. The molecule has 0 aromatic heterocycles. The SMILES string of the molecule is COc1ccc(CN2CCN(CCN)CC2)cc1C. The fraction of sp³-hybridized carbons (Fsp3) is 0.600. The van der Waals surface area contributed by atoms with Gasteiger partial charge < -0.3 is 10.5 Å². The van der Waals surface area contributed by atoms with Gasteiger partial charge in [-0.3, -0.25) is 9.80 Å². The highest BCUT2D eigenvalue weighted by Crippen LogP contribution is 2.19. The second-order valence-corrected chi connectivity index (χ2v) is 5.21. The number of nitrogens with two attached hydrogens (primary N) is 1. The molecule has 0 spiro atoms. The van der Waals surface area contributed by atoms with Crippen LogP contribution in [0.5, 0.6) is 5.75 Å². The van der Waals surface area contributed by atoms with Gasteiger partial charge in [0.05, 0.1) is 7.11 Å². The van der Waals surface area contributed by atoms with Crippen molar-refractivity contribution in [2.75, 3.05) is 46.4 Å². The lowest BCUT2D eigenvalue weighted by Crippen LogP contribution is -2.47. The first-order valence-corrected chi connectivity index (χ1v) is 7.01. The van der Waals surface area contributed by atoms with Gasteiger partial charge in [0.15, 0.2) is 0 Å². The molecule has 4 nitrogen and oxygen atoms in total. The molecule has 1 saturated heterocycles. The van der Waals surface area contributed by atoms with Crippen molar-refractivity contribution in [3.8, 4) is 5.75 Å². The third kappa shape index (κ3) is 3.93. The zero-order valence-electron chi connectivity index (χ0n) is 12.1. The smallest absolute Gasteiger partial charge is 0.121 e. The van der Waals surface area contributed by atoms with E-state index in [9.17, 15) is 0 Å². The number of ether oxygens (including phenoxy) is 1. The first-order valence-electron chi connectivity index (χ1n) is 7.01. The van der Waals surface area contributed by atoms with E-state index in [2.05, 4.69) is 34.9 Å². The van der Waals surface area contributed by atoms with Crippen LogP contribution in [0.25, 0.3) is 0 Å². The summed E-state index contributed by atoms with van der Waals surface area (Å²) in [6, 6.07) is 6.46. The average Bonchev–Trinajstić information content (AvgIpc) is 2.42. The molecule has 0 bridgehead atoms. The number of aryl methyl sites for hydroxylation is 1. The standard InChI is InChI=1S/C15H25N3O/c1-13-11-14(3-4-15(13)19-2)12-18-9-7-17(6-5-16)8-10-18/h3-4,11H,5-10,12,16H2,1-2H3. The van der Waals surface area contributed by atoms with Gasteiger partial charge in [0, 0.05) is 45.8 Å². The van der Waals surface area contributed by atoms with Crippen LogP contribution in [-0.2, 0) is 6.54 Å². The lowest BCUT2D eigenvalue weighted by molar-refractivity contribution is 0.130. The Morgan fingerprint density at radius 3 is 2.42 bits per heavy atom. The summed E-state index contributed by atoms with van der Waals surface area (Å²) in [7, 11) is 1.72. The molecule has 19 heavy (non-hydrogen) atoms. The van der Waals surface area contributed by atoms with Crippen LogP contribution in [0.15, 0.2) is 18.2 Å². The molecule has 1 aliphatic rings.